The van der Waals surface area contributed by atoms with Gasteiger partial charge in [0.15, 0.2) is 0 Å². The predicted molar refractivity (Wildman–Crippen MR) is 111 cm³/mol. The van der Waals surface area contributed by atoms with Crippen LogP contribution < -0.4 is 9.64 Å². The maximum atomic E-state index is 13.1. The van der Waals surface area contributed by atoms with Crippen molar-refractivity contribution in [2.75, 3.05) is 31.1 Å². The molecule has 1 fully saturated rings. The highest BCUT2D eigenvalue weighted by Crippen LogP contribution is 2.20. The molecule has 0 atom stereocenters. The van der Waals surface area contributed by atoms with Crippen molar-refractivity contribution >= 4 is 5.69 Å². The Hall–Kier alpha value is -2.85. The fraction of sp³-hybridized carbons (Fsp3) is 0.250. The number of hydrogen-bond acceptors (Lipinski definition) is 3. The maximum absolute atomic E-state index is 13.1. The number of hydrogen-bond donors (Lipinski definition) is 0. The van der Waals surface area contributed by atoms with Crippen LogP contribution in [0.25, 0.3) is 0 Å². The Morgan fingerprint density at radius 1 is 0.750 bits per heavy atom. The minimum absolute atomic E-state index is 0.184. The van der Waals surface area contributed by atoms with Gasteiger partial charge in [-0.15, -0.1) is 0 Å². The molecular formula is C24H25FN2O. The lowest BCUT2D eigenvalue weighted by molar-refractivity contribution is 0.249. The van der Waals surface area contributed by atoms with Crippen LogP contribution in [0, 0.1) is 5.82 Å². The molecule has 0 N–H and O–H groups in total. The molecule has 0 bridgehead atoms. The molecule has 1 heterocycles. The van der Waals surface area contributed by atoms with Crippen LogP contribution in [-0.2, 0) is 13.2 Å². The molecule has 1 saturated heterocycles. The first kappa shape index (κ1) is 18.5. The summed E-state index contributed by atoms with van der Waals surface area (Å²) in [6, 6.07) is 25.4. The van der Waals surface area contributed by atoms with Crippen molar-refractivity contribution in [1.29, 1.82) is 0 Å². The zero-order chi connectivity index (χ0) is 19.2. The standard InChI is InChI=1S/C24H25FN2O/c25-22-9-11-23(12-10-22)27-15-13-26(14-16-27)18-21-7-4-8-24(17-21)28-19-20-5-2-1-3-6-20/h1-12,17H,13-16,18-19H2. The quantitative estimate of drug-likeness (QED) is 0.619. The Labute approximate surface area is 166 Å². The molecule has 0 spiro atoms. The van der Waals surface area contributed by atoms with Gasteiger partial charge in [0, 0.05) is 38.4 Å². The molecule has 0 radical (unpaired) electrons. The van der Waals surface area contributed by atoms with Gasteiger partial charge in [0.2, 0.25) is 0 Å². The van der Waals surface area contributed by atoms with Gasteiger partial charge in [-0.1, -0.05) is 42.5 Å². The second-order valence-corrected chi connectivity index (χ2v) is 7.16. The van der Waals surface area contributed by atoms with Crippen molar-refractivity contribution < 1.29 is 9.13 Å². The van der Waals surface area contributed by atoms with Crippen molar-refractivity contribution in [3.8, 4) is 5.75 Å². The van der Waals surface area contributed by atoms with Crippen LogP contribution in [0.15, 0.2) is 78.9 Å². The summed E-state index contributed by atoms with van der Waals surface area (Å²) >= 11 is 0. The molecule has 4 heteroatoms. The highest BCUT2D eigenvalue weighted by molar-refractivity contribution is 5.46. The highest BCUT2D eigenvalue weighted by atomic mass is 19.1. The van der Waals surface area contributed by atoms with E-state index in [2.05, 4.69) is 40.1 Å². The molecule has 1 aliphatic rings. The van der Waals surface area contributed by atoms with Gasteiger partial charge >= 0.3 is 0 Å². The largest absolute Gasteiger partial charge is 0.489 e. The molecule has 4 rings (SSSR count). The molecule has 144 valence electrons. The Morgan fingerprint density at radius 3 is 2.21 bits per heavy atom. The number of anilines is 1. The molecule has 3 aromatic rings. The molecule has 0 unspecified atom stereocenters. The fourth-order valence-corrected chi connectivity index (χ4v) is 3.55. The van der Waals surface area contributed by atoms with Crippen LogP contribution in [0.5, 0.6) is 5.75 Å². The summed E-state index contributed by atoms with van der Waals surface area (Å²) in [4.78, 5) is 4.77. The maximum Gasteiger partial charge on any atom is 0.123 e. The summed E-state index contributed by atoms with van der Waals surface area (Å²) < 4.78 is 19.1. The van der Waals surface area contributed by atoms with Gasteiger partial charge in [-0.3, -0.25) is 4.90 Å². The van der Waals surface area contributed by atoms with Crippen molar-refractivity contribution in [3.05, 3.63) is 95.8 Å². The topological polar surface area (TPSA) is 15.7 Å². The summed E-state index contributed by atoms with van der Waals surface area (Å²) in [5.74, 6) is 0.725. The normalized spacial score (nSPS) is 14.8. The van der Waals surface area contributed by atoms with Crippen molar-refractivity contribution in [2.45, 2.75) is 13.2 Å². The average molecular weight is 376 g/mol. The lowest BCUT2D eigenvalue weighted by Crippen LogP contribution is -2.45. The van der Waals surface area contributed by atoms with Gasteiger partial charge in [-0.2, -0.15) is 0 Å². The van der Waals surface area contributed by atoms with Gasteiger partial charge in [0.25, 0.3) is 0 Å². The molecule has 1 aliphatic heterocycles. The minimum Gasteiger partial charge on any atom is -0.489 e. The number of benzene rings is 3. The first-order valence-corrected chi connectivity index (χ1v) is 9.75. The van der Waals surface area contributed by atoms with E-state index in [9.17, 15) is 4.39 Å². The summed E-state index contributed by atoms with van der Waals surface area (Å²) in [7, 11) is 0. The zero-order valence-electron chi connectivity index (χ0n) is 15.9. The first-order valence-electron chi connectivity index (χ1n) is 9.75. The van der Waals surface area contributed by atoms with E-state index in [0.29, 0.717) is 6.61 Å². The van der Waals surface area contributed by atoms with Gasteiger partial charge in [-0.05, 0) is 47.5 Å². The van der Waals surface area contributed by atoms with E-state index >= 15 is 0 Å². The molecule has 3 aromatic carbocycles. The molecule has 0 saturated carbocycles. The second-order valence-electron chi connectivity index (χ2n) is 7.16. The van der Waals surface area contributed by atoms with Crippen LogP contribution in [-0.4, -0.2) is 31.1 Å². The third-order valence-corrected chi connectivity index (χ3v) is 5.12. The van der Waals surface area contributed by atoms with E-state index in [0.717, 1.165) is 44.2 Å². The predicted octanol–water partition coefficient (Wildman–Crippen LogP) is 4.73. The Balaban J connectivity index is 1.29. The molecular weight excluding hydrogens is 351 g/mol. The van der Waals surface area contributed by atoms with E-state index in [-0.39, 0.29) is 5.82 Å². The monoisotopic (exact) mass is 376 g/mol. The smallest absolute Gasteiger partial charge is 0.123 e. The van der Waals surface area contributed by atoms with Crippen LogP contribution in [0.2, 0.25) is 0 Å². The van der Waals surface area contributed by atoms with Crippen molar-refractivity contribution in [1.82, 2.24) is 4.90 Å². The average Bonchev–Trinajstić information content (AvgIpc) is 2.75. The molecule has 28 heavy (non-hydrogen) atoms. The lowest BCUT2D eigenvalue weighted by atomic mass is 10.1. The van der Waals surface area contributed by atoms with E-state index < -0.39 is 0 Å². The summed E-state index contributed by atoms with van der Waals surface area (Å²) in [6.45, 7) is 5.39. The minimum atomic E-state index is -0.184. The van der Waals surface area contributed by atoms with Gasteiger partial charge in [-0.25, -0.2) is 4.39 Å². The van der Waals surface area contributed by atoms with Crippen LogP contribution >= 0.6 is 0 Å². The van der Waals surface area contributed by atoms with E-state index in [1.165, 1.54) is 23.3 Å². The Morgan fingerprint density at radius 2 is 1.46 bits per heavy atom. The molecule has 0 aromatic heterocycles. The number of nitrogens with zero attached hydrogens (tertiary/aromatic N) is 2. The van der Waals surface area contributed by atoms with Gasteiger partial charge < -0.3 is 9.64 Å². The Bertz CT molecular complexity index is 875. The third kappa shape index (κ3) is 4.90. The number of piperazine rings is 1. The van der Waals surface area contributed by atoms with E-state index in [1.54, 1.807) is 0 Å². The molecule has 0 aliphatic carbocycles. The highest BCUT2D eigenvalue weighted by Gasteiger charge is 2.17. The summed E-state index contributed by atoms with van der Waals surface area (Å²) in [6.07, 6.45) is 0. The lowest BCUT2D eigenvalue weighted by Gasteiger charge is -2.36. The molecule has 0 amide bonds. The fourth-order valence-electron chi connectivity index (χ4n) is 3.55. The summed E-state index contributed by atoms with van der Waals surface area (Å²) in [5, 5.41) is 0. The molecule has 3 nitrogen and oxygen atoms in total. The van der Waals surface area contributed by atoms with E-state index in [4.69, 9.17) is 4.74 Å². The number of rotatable bonds is 6. The number of halogens is 1. The van der Waals surface area contributed by atoms with Crippen molar-refractivity contribution in [2.24, 2.45) is 0 Å². The van der Waals surface area contributed by atoms with Gasteiger partial charge in [0.05, 0.1) is 0 Å². The third-order valence-electron chi connectivity index (χ3n) is 5.12. The van der Waals surface area contributed by atoms with Crippen LogP contribution in [0.1, 0.15) is 11.1 Å². The first-order chi connectivity index (χ1) is 13.8. The Kier molecular flexibility index (Phi) is 5.88. The van der Waals surface area contributed by atoms with Gasteiger partial charge in [0.1, 0.15) is 18.2 Å². The van der Waals surface area contributed by atoms with Crippen LogP contribution in [0.3, 0.4) is 0 Å². The summed E-state index contributed by atoms with van der Waals surface area (Å²) in [5.41, 5.74) is 3.53. The van der Waals surface area contributed by atoms with Crippen LogP contribution in [0.4, 0.5) is 10.1 Å². The SMILES string of the molecule is Fc1ccc(N2CCN(Cc3cccc(OCc4ccccc4)c3)CC2)cc1. The zero-order valence-corrected chi connectivity index (χ0v) is 15.9. The number of ether oxygens (including phenoxy) is 1. The second kappa shape index (κ2) is 8.89. The van der Waals surface area contributed by atoms with E-state index in [1.807, 2.05) is 36.4 Å². The van der Waals surface area contributed by atoms with Crippen molar-refractivity contribution in [3.63, 3.8) is 0 Å².